The summed E-state index contributed by atoms with van der Waals surface area (Å²) in [6.07, 6.45) is 1.16. The minimum atomic E-state index is 1.04. The Balaban J connectivity index is 1.90. The van der Waals surface area contributed by atoms with Gasteiger partial charge in [-0.3, -0.25) is 0 Å². The monoisotopic (exact) mass is 350 g/mol. The second-order valence-corrected chi connectivity index (χ2v) is 7.65. The fourth-order valence-electron chi connectivity index (χ4n) is 3.33. The van der Waals surface area contributed by atoms with Gasteiger partial charge in [-0.25, -0.2) is 0 Å². The minimum absolute atomic E-state index is 1.04. The van der Waals surface area contributed by atoms with Crippen LogP contribution in [0.1, 0.15) is 32.8 Å². The van der Waals surface area contributed by atoms with Gasteiger partial charge in [-0.2, -0.15) is 0 Å². The molecule has 2 nitrogen and oxygen atoms in total. The molecule has 0 N–H and O–H groups in total. The van der Waals surface area contributed by atoms with E-state index in [1.807, 2.05) is 11.8 Å². The van der Waals surface area contributed by atoms with Crippen LogP contribution in [-0.4, -0.2) is 44.0 Å². The Morgan fingerprint density at radius 2 is 1.76 bits per heavy atom. The van der Waals surface area contributed by atoms with Crippen molar-refractivity contribution in [1.82, 2.24) is 4.90 Å². The zero-order chi connectivity index (χ0) is 17.8. The first kappa shape index (κ1) is 18.3. The van der Waals surface area contributed by atoms with E-state index in [0.717, 1.165) is 38.1 Å². The van der Waals surface area contributed by atoms with Gasteiger partial charge in [-0.15, -0.1) is 0 Å². The fourth-order valence-corrected chi connectivity index (χ4v) is 4.40. The van der Waals surface area contributed by atoms with Gasteiger partial charge >= 0.3 is 157 Å². The van der Waals surface area contributed by atoms with Gasteiger partial charge in [0.25, 0.3) is 0 Å². The molecule has 4 heteroatoms. The van der Waals surface area contributed by atoms with Crippen LogP contribution in [0.3, 0.4) is 0 Å². The molecular formula is C21H27BN2S. The average molecular weight is 350 g/mol. The maximum atomic E-state index is 4.12. The van der Waals surface area contributed by atoms with Crippen molar-refractivity contribution in [2.45, 2.75) is 37.0 Å². The molecule has 0 atom stereocenters. The van der Waals surface area contributed by atoms with E-state index in [9.17, 15) is 0 Å². The first-order valence-electron chi connectivity index (χ1n) is 9.20. The number of rotatable bonds is 7. The number of benzene rings is 2. The molecule has 1 aliphatic rings. The Morgan fingerprint density at radius 3 is 2.48 bits per heavy atom. The van der Waals surface area contributed by atoms with Crippen LogP contribution in [0, 0.1) is 0 Å². The Kier molecular flexibility index (Phi) is 6.03. The van der Waals surface area contributed by atoms with Crippen molar-refractivity contribution < 1.29 is 0 Å². The van der Waals surface area contributed by atoms with E-state index in [0.29, 0.717) is 0 Å². The summed E-state index contributed by atoms with van der Waals surface area (Å²) in [5.74, 6) is 0. The Morgan fingerprint density at radius 1 is 1.04 bits per heavy atom. The second kappa shape index (κ2) is 8.24. The maximum absolute atomic E-state index is 4.12. The molecule has 0 aliphatic carbocycles. The van der Waals surface area contributed by atoms with Gasteiger partial charge in [-0.1, -0.05) is 0 Å². The van der Waals surface area contributed by atoms with Crippen molar-refractivity contribution in [2.75, 3.05) is 31.1 Å². The van der Waals surface area contributed by atoms with Gasteiger partial charge in [0.2, 0.25) is 0 Å². The number of anilines is 2. The standard InChI is InChI=1S/C21H27BN2S/c1-4-23(5-2)13-8-14-24-18-9-6-7-10-20(18)25-21-12-11-17(16(3)22)15-19(21)24/h6-7,9-12,15,22H,4-5,8,13-14H2,1-3H3. The van der Waals surface area contributed by atoms with Crippen LogP contribution < -0.4 is 4.90 Å². The Bertz CT molecular complexity index is 755. The summed E-state index contributed by atoms with van der Waals surface area (Å²) in [5, 5.41) is 0. The zero-order valence-corrected chi connectivity index (χ0v) is 16.4. The second-order valence-electron chi connectivity index (χ2n) is 6.56. The molecule has 1 aliphatic heterocycles. The molecule has 130 valence electrons. The quantitative estimate of drug-likeness (QED) is 0.681. The molecule has 25 heavy (non-hydrogen) atoms. The topological polar surface area (TPSA) is 6.48 Å². The van der Waals surface area contributed by atoms with E-state index in [4.69, 9.17) is 0 Å². The van der Waals surface area contributed by atoms with Crippen molar-refractivity contribution in [1.29, 1.82) is 0 Å². The zero-order valence-electron chi connectivity index (χ0n) is 15.6. The van der Waals surface area contributed by atoms with Gasteiger partial charge in [0.1, 0.15) is 0 Å². The fraction of sp³-hybridized carbons (Fsp3) is 0.381. The van der Waals surface area contributed by atoms with Gasteiger partial charge in [0, 0.05) is 0 Å². The number of para-hydroxylation sites is 1. The molecule has 2 aromatic carbocycles. The SMILES string of the molecule is B=C(C)c1ccc2c(c1)N(CCCN(CC)CC)c1ccccc1S2. The number of fused-ring (bicyclic) bond motifs is 2. The molecule has 2 aromatic rings. The molecule has 0 saturated heterocycles. The van der Waals surface area contributed by atoms with Crippen LogP contribution in [-0.2, 0) is 0 Å². The number of nitrogens with zero attached hydrogens (tertiary/aromatic N) is 2. The predicted molar refractivity (Wildman–Crippen MR) is 113 cm³/mol. The summed E-state index contributed by atoms with van der Waals surface area (Å²) >= 11 is 1.87. The first-order chi connectivity index (χ1) is 12.1. The Hall–Kier alpha value is -1.52. The van der Waals surface area contributed by atoms with Crippen LogP contribution >= 0.6 is 11.8 Å². The van der Waals surface area contributed by atoms with Crippen LogP contribution in [0.15, 0.2) is 52.3 Å². The molecule has 1 heterocycles. The average Bonchev–Trinajstić information content (AvgIpc) is 2.64. The summed E-state index contributed by atoms with van der Waals surface area (Å²) in [6, 6.07) is 15.5. The van der Waals surface area contributed by atoms with E-state index in [1.165, 1.54) is 26.7 Å². The normalized spacial score (nSPS) is 12.8. The van der Waals surface area contributed by atoms with Crippen LogP contribution in [0.5, 0.6) is 0 Å². The van der Waals surface area contributed by atoms with Crippen LogP contribution in [0.25, 0.3) is 0 Å². The molecule has 0 amide bonds. The molecule has 0 unspecified atom stereocenters. The van der Waals surface area contributed by atoms with E-state index in [-0.39, 0.29) is 0 Å². The third kappa shape index (κ3) is 4.01. The summed E-state index contributed by atoms with van der Waals surface area (Å²) in [6.45, 7) is 11.0. The van der Waals surface area contributed by atoms with E-state index in [1.54, 1.807) is 0 Å². The van der Waals surface area contributed by atoms with Crippen molar-refractivity contribution in [3.8, 4) is 0 Å². The molecule has 0 saturated carbocycles. The third-order valence-electron chi connectivity index (χ3n) is 4.87. The van der Waals surface area contributed by atoms with Crippen molar-refractivity contribution in [3.05, 3.63) is 48.0 Å². The molecule has 0 bridgehead atoms. The van der Waals surface area contributed by atoms with Gasteiger partial charge in [-0.05, 0) is 0 Å². The summed E-state index contributed by atoms with van der Waals surface area (Å²) < 4.78 is 0. The molecule has 0 spiro atoms. The van der Waals surface area contributed by atoms with Gasteiger partial charge < -0.3 is 0 Å². The van der Waals surface area contributed by atoms with Gasteiger partial charge in [0.05, 0.1) is 0 Å². The van der Waals surface area contributed by atoms with Crippen molar-refractivity contribution >= 4 is 36.1 Å². The first-order valence-corrected chi connectivity index (χ1v) is 10.0. The third-order valence-corrected chi connectivity index (χ3v) is 6.00. The molecule has 0 fully saturated rings. The van der Waals surface area contributed by atoms with Crippen LogP contribution in [0.2, 0.25) is 0 Å². The molecule has 3 rings (SSSR count). The van der Waals surface area contributed by atoms with E-state index in [2.05, 4.69) is 80.5 Å². The molecule has 0 radical (unpaired) electrons. The molecule has 0 aromatic heterocycles. The van der Waals surface area contributed by atoms with E-state index >= 15 is 0 Å². The molecular weight excluding hydrogens is 323 g/mol. The summed E-state index contributed by atoms with van der Waals surface area (Å²) in [7, 11) is 4.12. The van der Waals surface area contributed by atoms with Crippen molar-refractivity contribution in [2.24, 2.45) is 0 Å². The predicted octanol–water partition coefficient (Wildman–Crippen LogP) is 4.46. The summed E-state index contributed by atoms with van der Waals surface area (Å²) in [4.78, 5) is 7.68. The van der Waals surface area contributed by atoms with E-state index < -0.39 is 0 Å². The summed E-state index contributed by atoms with van der Waals surface area (Å²) in [5.41, 5.74) is 5.00. The Labute approximate surface area is 157 Å². The van der Waals surface area contributed by atoms with Gasteiger partial charge in [0.15, 0.2) is 0 Å². The van der Waals surface area contributed by atoms with Crippen molar-refractivity contribution in [3.63, 3.8) is 0 Å². The number of hydrogen-bond donors (Lipinski definition) is 0. The van der Waals surface area contributed by atoms with Crippen LogP contribution in [0.4, 0.5) is 11.4 Å². The number of hydrogen-bond acceptors (Lipinski definition) is 3.